The molecular formula is C39H62N2. The maximum atomic E-state index is 6.77. The molecule has 2 aromatic carbocycles. The zero-order chi connectivity index (χ0) is 30.5. The number of hydrogen-bond acceptors (Lipinski definition) is 2. The fourth-order valence-electron chi connectivity index (χ4n) is 9.73. The maximum absolute atomic E-state index is 6.77. The number of benzene rings is 2. The molecule has 0 saturated heterocycles. The Morgan fingerprint density at radius 3 is 1.24 bits per heavy atom. The highest BCUT2D eigenvalue weighted by Crippen LogP contribution is 2.62. The number of nitrogen functional groups attached to an aromatic ring is 2. The molecule has 0 aliphatic heterocycles. The van der Waals surface area contributed by atoms with Gasteiger partial charge in [-0.2, -0.15) is 0 Å². The van der Waals surface area contributed by atoms with Crippen molar-refractivity contribution in [3.8, 4) is 0 Å². The Hall–Kier alpha value is -1.96. The minimum absolute atomic E-state index is 0.0894. The summed E-state index contributed by atoms with van der Waals surface area (Å²) >= 11 is 0. The van der Waals surface area contributed by atoms with E-state index in [4.69, 9.17) is 11.5 Å². The van der Waals surface area contributed by atoms with Gasteiger partial charge < -0.3 is 11.5 Å². The predicted octanol–water partition coefficient (Wildman–Crippen LogP) is 10.4. The fourth-order valence-corrected chi connectivity index (χ4v) is 9.73. The summed E-state index contributed by atoms with van der Waals surface area (Å²) in [6.07, 6.45) is 7.95. The summed E-state index contributed by atoms with van der Waals surface area (Å²) in [6.45, 7) is 28.8. The van der Waals surface area contributed by atoms with Crippen LogP contribution in [0.25, 0.3) is 0 Å². The van der Waals surface area contributed by atoms with Gasteiger partial charge in [-0.25, -0.2) is 0 Å². The van der Waals surface area contributed by atoms with E-state index in [1.54, 1.807) is 11.1 Å². The molecule has 2 nitrogen and oxygen atoms in total. The normalized spacial score (nSPS) is 27.6. The summed E-state index contributed by atoms with van der Waals surface area (Å²) in [5.41, 5.74) is 26.4. The van der Waals surface area contributed by atoms with E-state index in [2.05, 4.69) is 95.2 Å². The Labute approximate surface area is 253 Å². The zero-order valence-electron chi connectivity index (χ0n) is 28.7. The molecule has 2 aliphatic rings. The van der Waals surface area contributed by atoms with Crippen molar-refractivity contribution in [1.82, 2.24) is 0 Å². The summed E-state index contributed by atoms with van der Waals surface area (Å²) in [6, 6.07) is 5.09. The van der Waals surface area contributed by atoms with Crippen molar-refractivity contribution in [2.45, 2.75) is 127 Å². The van der Waals surface area contributed by atoms with Crippen molar-refractivity contribution < 1.29 is 0 Å². The van der Waals surface area contributed by atoms with E-state index in [0.29, 0.717) is 35.5 Å². The van der Waals surface area contributed by atoms with Crippen LogP contribution in [0.15, 0.2) is 12.1 Å². The second-order valence-corrected chi connectivity index (χ2v) is 15.5. The van der Waals surface area contributed by atoms with Gasteiger partial charge in [-0.15, -0.1) is 0 Å². The quantitative estimate of drug-likeness (QED) is 0.346. The van der Waals surface area contributed by atoms with Crippen LogP contribution >= 0.6 is 0 Å². The van der Waals surface area contributed by atoms with Crippen molar-refractivity contribution in [3.05, 3.63) is 56.6 Å². The Morgan fingerprint density at radius 2 is 0.927 bits per heavy atom. The lowest BCUT2D eigenvalue weighted by Crippen LogP contribution is -2.54. The van der Waals surface area contributed by atoms with Gasteiger partial charge >= 0.3 is 0 Å². The molecule has 2 aliphatic carbocycles. The van der Waals surface area contributed by atoms with Crippen LogP contribution in [-0.4, -0.2) is 0 Å². The molecule has 6 atom stereocenters. The van der Waals surface area contributed by atoms with Crippen LogP contribution in [0.3, 0.4) is 0 Å². The number of aryl methyl sites for hydroxylation is 2. The minimum atomic E-state index is -0.0894. The van der Waals surface area contributed by atoms with Crippen LogP contribution in [0.5, 0.6) is 0 Å². The third-order valence-corrected chi connectivity index (χ3v) is 12.4. The van der Waals surface area contributed by atoms with Crippen LogP contribution in [-0.2, 0) is 5.41 Å². The summed E-state index contributed by atoms with van der Waals surface area (Å²) < 4.78 is 0. The summed E-state index contributed by atoms with van der Waals surface area (Å²) in [4.78, 5) is 0. The molecule has 2 aromatic rings. The molecule has 0 aromatic heterocycles. The first-order chi connectivity index (χ1) is 19.1. The first kappa shape index (κ1) is 32.0. The molecule has 0 radical (unpaired) electrons. The third kappa shape index (κ3) is 5.36. The van der Waals surface area contributed by atoms with Gasteiger partial charge in [-0.1, -0.05) is 66.5 Å². The summed E-state index contributed by atoms with van der Waals surface area (Å²) in [7, 11) is 0. The van der Waals surface area contributed by atoms with Gasteiger partial charge in [0.25, 0.3) is 0 Å². The highest BCUT2D eigenvalue weighted by Gasteiger charge is 2.56. The van der Waals surface area contributed by atoms with Crippen LogP contribution in [0.2, 0.25) is 0 Å². The van der Waals surface area contributed by atoms with Crippen molar-refractivity contribution in [3.63, 3.8) is 0 Å². The molecule has 2 saturated carbocycles. The van der Waals surface area contributed by atoms with Gasteiger partial charge in [-0.3, -0.25) is 0 Å². The summed E-state index contributed by atoms with van der Waals surface area (Å²) in [5, 5.41) is 0. The number of nitrogens with two attached hydrogens (primary N) is 2. The largest absolute Gasteiger partial charge is 0.398 e. The van der Waals surface area contributed by atoms with Crippen molar-refractivity contribution in [1.29, 1.82) is 0 Å². The summed E-state index contributed by atoms with van der Waals surface area (Å²) in [5.74, 6) is 5.30. The lowest BCUT2D eigenvalue weighted by Gasteiger charge is -2.59. The lowest BCUT2D eigenvalue weighted by molar-refractivity contribution is -0.000710. The Morgan fingerprint density at radius 1 is 0.585 bits per heavy atom. The average molecular weight is 559 g/mol. The SMILES string of the molecule is Cc1cc(C(c2cc(C)c(N)c(C)c2C)(C2CC(C)CCC2C(C)C)C2CC(C)CCC2C(C)C)c(C)c(C)c1N. The van der Waals surface area contributed by atoms with Gasteiger partial charge in [0.15, 0.2) is 0 Å². The van der Waals surface area contributed by atoms with Crippen molar-refractivity contribution in [2.75, 3.05) is 11.5 Å². The molecule has 2 fully saturated rings. The maximum Gasteiger partial charge on any atom is 0.0376 e. The lowest BCUT2D eigenvalue weighted by atomic mass is 9.45. The molecule has 4 rings (SSSR count). The fraction of sp³-hybridized carbons (Fsp3) is 0.692. The predicted molar refractivity (Wildman–Crippen MR) is 181 cm³/mol. The Balaban J connectivity index is 2.28. The molecule has 6 unspecified atom stereocenters. The number of hydrogen-bond donors (Lipinski definition) is 2. The molecule has 2 heteroatoms. The van der Waals surface area contributed by atoms with Crippen LogP contribution < -0.4 is 11.5 Å². The van der Waals surface area contributed by atoms with E-state index in [-0.39, 0.29) is 5.41 Å². The van der Waals surface area contributed by atoms with Gasteiger partial charge in [0.05, 0.1) is 0 Å². The second-order valence-electron chi connectivity index (χ2n) is 15.5. The Kier molecular flexibility index (Phi) is 9.33. The Bertz CT molecular complexity index is 1150. The zero-order valence-corrected chi connectivity index (χ0v) is 28.7. The smallest absolute Gasteiger partial charge is 0.0376 e. The van der Waals surface area contributed by atoms with Crippen LogP contribution in [0, 0.1) is 88.9 Å². The molecular weight excluding hydrogens is 496 g/mol. The second kappa shape index (κ2) is 12.0. The van der Waals surface area contributed by atoms with Crippen LogP contribution in [0.4, 0.5) is 11.4 Å². The molecule has 0 spiro atoms. The highest BCUT2D eigenvalue weighted by molar-refractivity contribution is 5.65. The van der Waals surface area contributed by atoms with E-state index in [1.807, 2.05) is 0 Å². The van der Waals surface area contributed by atoms with E-state index in [0.717, 1.165) is 23.2 Å². The highest BCUT2D eigenvalue weighted by atomic mass is 14.6. The van der Waals surface area contributed by atoms with E-state index in [9.17, 15) is 0 Å². The van der Waals surface area contributed by atoms with E-state index in [1.165, 1.54) is 71.9 Å². The van der Waals surface area contributed by atoms with Gasteiger partial charge in [-0.05, 0) is 159 Å². The molecule has 228 valence electrons. The molecule has 4 N–H and O–H groups in total. The van der Waals surface area contributed by atoms with E-state index < -0.39 is 0 Å². The van der Waals surface area contributed by atoms with Crippen LogP contribution in [0.1, 0.15) is 125 Å². The first-order valence-electron chi connectivity index (χ1n) is 16.9. The number of rotatable bonds is 6. The molecule has 41 heavy (non-hydrogen) atoms. The first-order valence-corrected chi connectivity index (χ1v) is 16.9. The van der Waals surface area contributed by atoms with Gasteiger partial charge in [0.2, 0.25) is 0 Å². The van der Waals surface area contributed by atoms with Crippen molar-refractivity contribution in [2.24, 2.45) is 47.3 Å². The van der Waals surface area contributed by atoms with Gasteiger partial charge in [0, 0.05) is 16.8 Å². The monoisotopic (exact) mass is 558 g/mol. The van der Waals surface area contributed by atoms with Gasteiger partial charge in [0.1, 0.15) is 0 Å². The minimum Gasteiger partial charge on any atom is -0.398 e. The molecule has 0 bridgehead atoms. The standard InChI is InChI=1S/C39H62N2/c1-21(2)31-15-13-23(5)17-35(31)39(33-19-25(7)37(40)29(11)27(33)9,34-20-26(8)38(41)30(12)28(34)10)36-18-24(6)14-16-32(36)22(3)4/h19-24,31-32,35-36H,13-18,40-41H2,1-12H3. The topological polar surface area (TPSA) is 52.0 Å². The van der Waals surface area contributed by atoms with Crippen molar-refractivity contribution >= 4 is 11.4 Å². The average Bonchev–Trinajstić information content (AvgIpc) is 2.91. The number of anilines is 2. The third-order valence-electron chi connectivity index (χ3n) is 12.4. The molecule has 0 amide bonds. The molecule has 0 heterocycles. The van der Waals surface area contributed by atoms with E-state index >= 15 is 0 Å².